The Morgan fingerprint density at radius 3 is 2.70 bits per heavy atom. The molecule has 0 radical (unpaired) electrons. The third kappa shape index (κ3) is 5.05. The summed E-state index contributed by atoms with van der Waals surface area (Å²) in [6, 6.07) is 8.33. The van der Waals surface area contributed by atoms with E-state index in [0.717, 1.165) is 3.57 Å². The van der Waals surface area contributed by atoms with Crippen LogP contribution >= 0.6 is 45.8 Å². The fraction of sp³-hybridized carbons (Fsp3) is 0.133. The zero-order valence-electron chi connectivity index (χ0n) is 11.8. The minimum Gasteiger partial charge on any atom is -0.449 e. The number of pyridine rings is 1. The van der Waals surface area contributed by atoms with E-state index in [9.17, 15) is 9.59 Å². The Bertz CT molecular complexity index is 755. The maximum atomic E-state index is 12.1. The van der Waals surface area contributed by atoms with Crippen LogP contribution in [0.4, 0.5) is 5.82 Å². The van der Waals surface area contributed by atoms with E-state index in [2.05, 4.69) is 32.9 Å². The second kappa shape index (κ2) is 7.94. The first-order valence-electron chi connectivity index (χ1n) is 6.45. The number of carbonyl (C=O) groups is 2. The molecule has 1 aromatic carbocycles. The predicted octanol–water partition coefficient (Wildman–Crippen LogP) is 4.18. The molecule has 0 fully saturated rings. The Hall–Kier alpha value is -1.38. The zero-order chi connectivity index (χ0) is 17.0. The first-order chi connectivity index (χ1) is 10.9. The second-order valence-corrected chi connectivity index (χ2v) is 6.62. The van der Waals surface area contributed by atoms with Gasteiger partial charge in [0.2, 0.25) is 0 Å². The number of nitrogens with zero attached hydrogens (tertiary/aromatic N) is 1. The summed E-state index contributed by atoms with van der Waals surface area (Å²) in [6.45, 7) is 1.46. The number of ether oxygens (including phenoxy) is 1. The van der Waals surface area contributed by atoms with Gasteiger partial charge in [-0.25, -0.2) is 9.78 Å². The molecule has 1 N–H and O–H groups in total. The highest BCUT2D eigenvalue weighted by Gasteiger charge is 2.20. The number of amides is 1. The quantitative estimate of drug-likeness (QED) is 0.544. The number of nitrogens with one attached hydrogen (secondary N) is 1. The van der Waals surface area contributed by atoms with Gasteiger partial charge >= 0.3 is 5.97 Å². The van der Waals surface area contributed by atoms with Crippen LogP contribution in [0.3, 0.4) is 0 Å². The van der Waals surface area contributed by atoms with E-state index in [1.807, 2.05) is 6.07 Å². The van der Waals surface area contributed by atoms with Gasteiger partial charge in [-0.15, -0.1) is 0 Å². The third-order valence-electron chi connectivity index (χ3n) is 2.76. The molecule has 0 saturated heterocycles. The van der Waals surface area contributed by atoms with Crippen molar-refractivity contribution >= 4 is 63.5 Å². The molecule has 1 aromatic heterocycles. The van der Waals surface area contributed by atoms with E-state index < -0.39 is 18.0 Å². The topological polar surface area (TPSA) is 68.3 Å². The first-order valence-corrected chi connectivity index (χ1v) is 8.28. The van der Waals surface area contributed by atoms with E-state index >= 15 is 0 Å². The largest absolute Gasteiger partial charge is 0.449 e. The Morgan fingerprint density at radius 1 is 1.30 bits per heavy atom. The molecule has 0 aliphatic carbocycles. The van der Waals surface area contributed by atoms with E-state index in [1.165, 1.54) is 19.2 Å². The van der Waals surface area contributed by atoms with Gasteiger partial charge in [0.15, 0.2) is 11.9 Å². The summed E-state index contributed by atoms with van der Waals surface area (Å²) in [7, 11) is 0. The first kappa shape index (κ1) is 18.0. The molecule has 0 spiro atoms. The zero-order valence-corrected chi connectivity index (χ0v) is 15.5. The summed E-state index contributed by atoms with van der Waals surface area (Å²) in [4.78, 5) is 28.0. The highest BCUT2D eigenvalue weighted by molar-refractivity contribution is 14.1. The molecule has 0 bridgehead atoms. The Balaban J connectivity index is 2.01. The van der Waals surface area contributed by atoms with E-state index in [1.54, 1.807) is 18.2 Å². The van der Waals surface area contributed by atoms with Gasteiger partial charge in [-0.1, -0.05) is 29.3 Å². The monoisotopic (exact) mass is 464 g/mol. The average Bonchev–Trinajstić information content (AvgIpc) is 2.49. The SMILES string of the molecule is CC(OC(=O)c1cccc(I)c1)C(=O)Nc1ncc(Cl)cc1Cl. The van der Waals surface area contributed by atoms with Crippen LogP contribution in [0.15, 0.2) is 36.5 Å². The van der Waals surface area contributed by atoms with Crippen molar-refractivity contribution in [3.63, 3.8) is 0 Å². The van der Waals surface area contributed by atoms with Crippen LogP contribution in [-0.4, -0.2) is 23.0 Å². The van der Waals surface area contributed by atoms with Gasteiger partial charge in [-0.3, -0.25) is 4.79 Å². The number of halogens is 3. The summed E-state index contributed by atoms with van der Waals surface area (Å²) in [6.07, 6.45) is 0.347. The standard InChI is InChI=1S/C15H11Cl2IN2O3/c1-8(23-15(22)9-3-2-4-11(18)5-9)14(21)20-13-12(17)6-10(16)7-19-13/h2-8H,1H3,(H,19,20,21). The van der Waals surface area contributed by atoms with Crippen molar-refractivity contribution in [2.45, 2.75) is 13.0 Å². The Kier molecular flexibility index (Phi) is 6.20. The number of rotatable bonds is 4. The molecule has 0 aliphatic rings. The highest BCUT2D eigenvalue weighted by Crippen LogP contribution is 2.22. The Morgan fingerprint density at radius 2 is 2.04 bits per heavy atom. The molecular formula is C15H11Cl2IN2O3. The molecule has 2 rings (SSSR count). The average molecular weight is 465 g/mol. The number of aromatic nitrogens is 1. The smallest absolute Gasteiger partial charge is 0.338 e. The maximum Gasteiger partial charge on any atom is 0.338 e. The van der Waals surface area contributed by atoms with Gasteiger partial charge in [0, 0.05) is 9.77 Å². The third-order valence-corrected chi connectivity index (χ3v) is 3.93. The molecule has 0 aliphatic heterocycles. The number of esters is 1. The summed E-state index contributed by atoms with van der Waals surface area (Å²) < 4.78 is 6.03. The minimum atomic E-state index is -1.01. The summed E-state index contributed by atoms with van der Waals surface area (Å²) >= 11 is 13.7. The van der Waals surface area contributed by atoms with Crippen LogP contribution < -0.4 is 5.32 Å². The van der Waals surface area contributed by atoms with Crippen LogP contribution in [0.2, 0.25) is 10.0 Å². The molecule has 2 aromatic rings. The molecule has 1 unspecified atom stereocenters. The van der Waals surface area contributed by atoms with Gasteiger partial charge in [0.1, 0.15) is 0 Å². The number of anilines is 1. The van der Waals surface area contributed by atoms with E-state index in [0.29, 0.717) is 10.6 Å². The molecule has 23 heavy (non-hydrogen) atoms. The highest BCUT2D eigenvalue weighted by atomic mass is 127. The fourth-order valence-corrected chi connectivity index (χ4v) is 2.59. The van der Waals surface area contributed by atoms with Crippen molar-refractivity contribution in [1.82, 2.24) is 4.98 Å². The Labute approximate surface area is 156 Å². The number of benzene rings is 1. The van der Waals surface area contributed by atoms with Crippen LogP contribution in [0.1, 0.15) is 17.3 Å². The lowest BCUT2D eigenvalue weighted by molar-refractivity contribution is -0.123. The lowest BCUT2D eigenvalue weighted by atomic mass is 10.2. The van der Waals surface area contributed by atoms with Crippen LogP contribution in [0, 0.1) is 3.57 Å². The van der Waals surface area contributed by atoms with Crippen LogP contribution in [0.5, 0.6) is 0 Å². The summed E-state index contributed by atoms with van der Waals surface area (Å²) in [5, 5.41) is 3.04. The van der Waals surface area contributed by atoms with Gasteiger partial charge in [-0.05, 0) is 53.8 Å². The normalized spacial score (nSPS) is 11.7. The van der Waals surface area contributed by atoms with Gasteiger partial charge in [0.25, 0.3) is 5.91 Å². The number of hydrogen-bond acceptors (Lipinski definition) is 4. The van der Waals surface area contributed by atoms with Crippen molar-refractivity contribution in [2.75, 3.05) is 5.32 Å². The van der Waals surface area contributed by atoms with E-state index in [-0.39, 0.29) is 10.8 Å². The number of carbonyl (C=O) groups excluding carboxylic acids is 2. The van der Waals surface area contributed by atoms with Gasteiger partial charge < -0.3 is 10.1 Å². The van der Waals surface area contributed by atoms with E-state index in [4.69, 9.17) is 27.9 Å². The lowest BCUT2D eigenvalue weighted by Crippen LogP contribution is -2.30. The molecule has 1 heterocycles. The number of hydrogen-bond donors (Lipinski definition) is 1. The molecule has 0 saturated carbocycles. The summed E-state index contributed by atoms with van der Waals surface area (Å²) in [5.41, 5.74) is 0.374. The van der Waals surface area contributed by atoms with Crippen molar-refractivity contribution in [2.24, 2.45) is 0 Å². The lowest BCUT2D eigenvalue weighted by Gasteiger charge is -2.14. The van der Waals surface area contributed by atoms with Crippen molar-refractivity contribution in [1.29, 1.82) is 0 Å². The van der Waals surface area contributed by atoms with Crippen molar-refractivity contribution in [3.8, 4) is 0 Å². The fourth-order valence-electron chi connectivity index (χ4n) is 1.62. The maximum absolute atomic E-state index is 12.1. The molecule has 120 valence electrons. The van der Waals surface area contributed by atoms with Crippen molar-refractivity contribution in [3.05, 3.63) is 55.7 Å². The van der Waals surface area contributed by atoms with Gasteiger partial charge in [0.05, 0.1) is 15.6 Å². The van der Waals surface area contributed by atoms with Crippen LogP contribution in [0.25, 0.3) is 0 Å². The van der Waals surface area contributed by atoms with Crippen LogP contribution in [-0.2, 0) is 9.53 Å². The summed E-state index contributed by atoms with van der Waals surface area (Å²) in [5.74, 6) is -0.972. The second-order valence-electron chi connectivity index (χ2n) is 4.53. The van der Waals surface area contributed by atoms with Crippen molar-refractivity contribution < 1.29 is 14.3 Å². The molecule has 5 nitrogen and oxygen atoms in total. The molecule has 1 atom stereocenters. The minimum absolute atomic E-state index is 0.151. The molecule has 8 heteroatoms. The molecule has 1 amide bonds. The molecular weight excluding hydrogens is 454 g/mol. The predicted molar refractivity (Wildman–Crippen MR) is 96.9 cm³/mol. The van der Waals surface area contributed by atoms with Gasteiger partial charge in [-0.2, -0.15) is 0 Å².